The third-order valence-electron chi connectivity index (χ3n) is 2.92. The van der Waals surface area contributed by atoms with Crippen LogP contribution in [-0.2, 0) is 0 Å². The minimum atomic E-state index is 0.804. The van der Waals surface area contributed by atoms with Crippen LogP contribution in [0.25, 0.3) is 0 Å². The highest BCUT2D eigenvalue weighted by Gasteiger charge is 2.10. The van der Waals surface area contributed by atoms with Gasteiger partial charge in [-0.05, 0) is 31.7 Å². The van der Waals surface area contributed by atoms with E-state index in [2.05, 4.69) is 19.2 Å². The van der Waals surface area contributed by atoms with Crippen molar-refractivity contribution in [1.29, 1.82) is 0 Å². The predicted octanol–water partition coefficient (Wildman–Crippen LogP) is 3.34. The molecule has 0 bridgehead atoms. The van der Waals surface area contributed by atoms with E-state index in [1.807, 2.05) is 0 Å². The molecule has 1 N–H and O–H groups in total. The van der Waals surface area contributed by atoms with Crippen LogP contribution in [-0.4, -0.2) is 12.6 Å². The maximum absolute atomic E-state index is 3.69. The molecule has 1 aliphatic rings. The first kappa shape index (κ1) is 11.0. The van der Waals surface area contributed by atoms with Crippen molar-refractivity contribution in [2.24, 2.45) is 5.92 Å². The van der Waals surface area contributed by atoms with Gasteiger partial charge in [-0.3, -0.25) is 0 Å². The first-order valence-corrected chi connectivity index (χ1v) is 6.02. The molecule has 0 aliphatic carbocycles. The second-order valence-electron chi connectivity index (χ2n) is 4.84. The van der Waals surface area contributed by atoms with E-state index in [9.17, 15) is 0 Å². The van der Waals surface area contributed by atoms with E-state index < -0.39 is 0 Å². The number of nitrogens with one attached hydrogen (secondary N) is 1. The fraction of sp³-hybridized carbons (Fsp3) is 1.00. The van der Waals surface area contributed by atoms with Gasteiger partial charge in [0, 0.05) is 6.04 Å². The van der Waals surface area contributed by atoms with Crippen molar-refractivity contribution in [3.63, 3.8) is 0 Å². The first-order valence-electron chi connectivity index (χ1n) is 6.02. The molecule has 0 aromatic carbocycles. The van der Waals surface area contributed by atoms with Gasteiger partial charge in [-0.15, -0.1) is 0 Å². The quantitative estimate of drug-likeness (QED) is 0.692. The Balaban J connectivity index is 2.24. The van der Waals surface area contributed by atoms with E-state index in [0.29, 0.717) is 0 Å². The maximum atomic E-state index is 3.69. The van der Waals surface area contributed by atoms with Gasteiger partial charge in [-0.25, -0.2) is 0 Å². The normalized spacial score (nSPS) is 26.5. The fourth-order valence-electron chi connectivity index (χ4n) is 2.22. The van der Waals surface area contributed by atoms with Crippen LogP contribution in [0.3, 0.4) is 0 Å². The Morgan fingerprint density at radius 1 is 1.08 bits per heavy atom. The van der Waals surface area contributed by atoms with Crippen LogP contribution in [0.15, 0.2) is 0 Å². The lowest BCUT2D eigenvalue weighted by atomic mass is 9.99. The average Bonchev–Trinajstić information content (AvgIpc) is 2.17. The van der Waals surface area contributed by atoms with Gasteiger partial charge in [-0.1, -0.05) is 39.5 Å². The van der Waals surface area contributed by atoms with E-state index in [1.165, 1.54) is 51.5 Å². The van der Waals surface area contributed by atoms with Crippen LogP contribution in [0, 0.1) is 5.92 Å². The molecule has 1 fully saturated rings. The number of hydrogen-bond donors (Lipinski definition) is 1. The number of rotatable bonds is 2. The van der Waals surface area contributed by atoms with Crippen molar-refractivity contribution < 1.29 is 0 Å². The summed E-state index contributed by atoms with van der Waals surface area (Å²) < 4.78 is 0. The van der Waals surface area contributed by atoms with E-state index >= 15 is 0 Å². The zero-order valence-corrected chi connectivity index (χ0v) is 9.31. The predicted molar refractivity (Wildman–Crippen MR) is 58.9 cm³/mol. The maximum Gasteiger partial charge on any atom is 0.00694 e. The molecule has 0 radical (unpaired) electrons. The summed E-state index contributed by atoms with van der Waals surface area (Å²) in [5, 5.41) is 3.69. The summed E-state index contributed by atoms with van der Waals surface area (Å²) in [5.41, 5.74) is 0. The third-order valence-corrected chi connectivity index (χ3v) is 2.92. The van der Waals surface area contributed by atoms with Gasteiger partial charge >= 0.3 is 0 Å². The van der Waals surface area contributed by atoms with Crippen molar-refractivity contribution in [3.05, 3.63) is 0 Å². The van der Waals surface area contributed by atoms with Gasteiger partial charge in [0.05, 0.1) is 0 Å². The summed E-state index contributed by atoms with van der Waals surface area (Å²) in [7, 11) is 0. The van der Waals surface area contributed by atoms with Crippen molar-refractivity contribution >= 4 is 0 Å². The molecule has 0 aromatic heterocycles. The van der Waals surface area contributed by atoms with Crippen LogP contribution in [0.4, 0.5) is 0 Å². The Kier molecular flexibility index (Phi) is 5.45. The van der Waals surface area contributed by atoms with Gasteiger partial charge in [0.1, 0.15) is 0 Å². The lowest BCUT2D eigenvalue weighted by Crippen LogP contribution is -2.30. The Bertz CT molecular complexity index is 110. The summed E-state index contributed by atoms with van der Waals surface area (Å²) in [5.74, 6) is 0.846. The average molecular weight is 183 g/mol. The third kappa shape index (κ3) is 5.30. The molecule has 0 amide bonds. The van der Waals surface area contributed by atoms with E-state index in [0.717, 1.165) is 12.0 Å². The lowest BCUT2D eigenvalue weighted by Gasteiger charge is -2.19. The highest BCUT2D eigenvalue weighted by Crippen LogP contribution is 2.15. The fourth-order valence-corrected chi connectivity index (χ4v) is 2.22. The second-order valence-corrected chi connectivity index (χ2v) is 4.84. The van der Waals surface area contributed by atoms with E-state index in [1.54, 1.807) is 0 Å². The highest BCUT2D eigenvalue weighted by molar-refractivity contribution is 4.70. The van der Waals surface area contributed by atoms with E-state index in [-0.39, 0.29) is 0 Å². The van der Waals surface area contributed by atoms with Crippen molar-refractivity contribution in [1.82, 2.24) is 5.32 Å². The molecule has 1 heteroatoms. The van der Waals surface area contributed by atoms with Crippen LogP contribution < -0.4 is 5.32 Å². The Labute approximate surface area is 83.3 Å². The molecule has 0 aromatic rings. The number of hydrogen-bond acceptors (Lipinski definition) is 1. The summed E-state index contributed by atoms with van der Waals surface area (Å²) >= 11 is 0. The molecule has 1 atom stereocenters. The molecule has 1 nitrogen and oxygen atoms in total. The summed E-state index contributed by atoms with van der Waals surface area (Å²) in [6.07, 6.45) is 9.92. The zero-order chi connectivity index (χ0) is 9.52. The summed E-state index contributed by atoms with van der Waals surface area (Å²) in [6.45, 7) is 5.90. The molecular weight excluding hydrogens is 158 g/mol. The van der Waals surface area contributed by atoms with Crippen molar-refractivity contribution in [3.8, 4) is 0 Å². The first-order chi connectivity index (χ1) is 6.29. The van der Waals surface area contributed by atoms with Crippen LogP contribution >= 0.6 is 0 Å². The highest BCUT2D eigenvalue weighted by atomic mass is 14.9. The molecule has 1 heterocycles. The molecule has 1 unspecified atom stereocenters. The van der Waals surface area contributed by atoms with Gasteiger partial charge in [0.15, 0.2) is 0 Å². The van der Waals surface area contributed by atoms with Crippen LogP contribution in [0.2, 0.25) is 0 Å². The summed E-state index contributed by atoms with van der Waals surface area (Å²) in [6, 6.07) is 0.804. The molecule has 0 saturated carbocycles. The Morgan fingerprint density at radius 2 is 1.77 bits per heavy atom. The van der Waals surface area contributed by atoms with E-state index in [4.69, 9.17) is 0 Å². The van der Waals surface area contributed by atoms with Gasteiger partial charge in [-0.2, -0.15) is 0 Å². The zero-order valence-electron chi connectivity index (χ0n) is 9.31. The standard InChI is InChI=1S/C12H25N/c1-11(2)10-12-8-6-4-3-5-7-9-13-12/h11-13H,3-10H2,1-2H3. The van der Waals surface area contributed by atoms with Crippen molar-refractivity contribution in [2.45, 2.75) is 64.8 Å². The monoisotopic (exact) mass is 183 g/mol. The smallest absolute Gasteiger partial charge is 0.00694 e. The minimum Gasteiger partial charge on any atom is -0.314 e. The lowest BCUT2D eigenvalue weighted by molar-refractivity contribution is 0.395. The van der Waals surface area contributed by atoms with Crippen molar-refractivity contribution in [2.75, 3.05) is 6.54 Å². The minimum absolute atomic E-state index is 0.804. The largest absolute Gasteiger partial charge is 0.314 e. The summed E-state index contributed by atoms with van der Waals surface area (Å²) in [4.78, 5) is 0. The van der Waals surface area contributed by atoms with Crippen LogP contribution in [0.5, 0.6) is 0 Å². The molecule has 0 spiro atoms. The topological polar surface area (TPSA) is 12.0 Å². The van der Waals surface area contributed by atoms with Gasteiger partial charge < -0.3 is 5.32 Å². The Morgan fingerprint density at radius 3 is 2.54 bits per heavy atom. The van der Waals surface area contributed by atoms with Gasteiger partial charge in [0.2, 0.25) is 0 Å². The van der Waals surface area contributed by atoms with Gasteiger partial charge in [0.25, 0.3) is 0 Å². The molecular formula is C12H25N. The SMILES string of the molecule is CC(C)CC1CCCCCCCN1. The Hall–Kier alpha value is -0.0400. The second kappa shape index (κ2) is 6.42. The molecule has 1 rings (SSSR count). The molecule has 13 heavy (non-hydrogen) atoms. The van der Waals surface area contributed by atoms with Crippen LogP contribution in [0.1, 0.15) is 58.8 Å². The molecule has 78 valence electrons. The molecule has 1 saturated heterocycles. The molecule has 1 aliphatic heterocycles.